The third kappa shape index (κ3) is 4.50. The van der Waals surface area contributed by atoms with Gasteiger partial charge in [-0.05, 0) is 25.8 Å². The van der Waals surface area contributed by atoms with Crippen molar-refractivity contribution in [1.29, 1.82) is 0 Å². The Morgan fingerprint density at radius 3 is 3.05 bits per heavy atom. The van der Waals surface area contributed by atoms with E-state index in [1.54, 1.807) is 12.0 Å². The molecule has 0 spiro atoms. The van der Waals surface area contributed by atoms with E-state index in [1.807, 2.05) is 0 Å². The highest BCUT2D eigenvalue weighted by molar-refractivity contribution is 5.90. The minimum absolute atomic E-state index is 0.126. The van der Waals surface area contributed by atoms with Crippen molar-refractivity contribution in [3.05, 3.63) is 11.6 Å². The van der Waals surface area contributed by atoms with Gasteiger partial charge in [-0.3, -0.25) is 9.89 Å². The first kappa shape index (κ1) is 15.9. The summed E-state index contributed by atoms with van der Waals surface area (Å²) in [6.45, 7) is 4.86. The second kappa shape index (κ2) is 8.09. The minimum Gasteiger partial charge on any atom is -0.383 e. The molecule has 1 aromatic heterocycles. The van der Waals surface area contributed by atoms with E-state index >= 15 is 0 Å². The molecular weight excluding hydrogens is 270 g/mol. The molecule has 7 heteroatoms. The van der Waals surface area contributed by atoms with Gasteiger partial charge in [0.2, 0.25) is 5.82 Å². The topological polar surface area (TPSA) is 83.1 Å². The molecule has 2 rings (SSSR count). The first-order chi connectivity index (χ1) is 10.2. The molecule has 1 aliphatic heterocycles. The Morgan fingerprint density at radius 2 is 2.38 bits per heavy atom. The number of nitrogens with zero attached hydrogens (tertiary/aromatic N) is 3. The van der Waals surface area contributed by atoms with Crippen LogP contribution in [0.4, 0.5) is 0 Å². The molecule has 0 bridgehead atoms. The van der Waals surface area contributed by atoms with Crippen molar-refractivity contribution in [2.75, 3.05) is 33.4 Å². The molecule has 1 saturated heterocycles. The van der Waals surface area contributed by atoms with Crippen LogP contribution in [0.3, 0.4) is 0 Å². The standard InChI is InChI=1S/C14H25N5O2/c1-3-5-12-16-13(18-17-12)14(20)19(8-9-21-2)10-11-6-4-7-15-11/h11,15H,3-10H2,1-2H3,(H,16,17,18). The van der Waals surface area contributed by atoms with Crippen LogP contribution in [-0.4, -0.2) is 65.4 Å². The zero-order chi connectivity index (χ0) is 15.1. The van der Waals surface area contributed by atoms with Crippen LogP contribution < -0.4 is 5.32 Å². The summed E-state index contributed by atoms with van der Waals surface area (Å²) in [5, 5.41) is 10.3. The molecule has 1 unspecified atom stereocenters. The molecule has 7 nitrogen and oxygen atoms in total. The maximum absolute atomic E-state index is 12.6. The molecule has 1 aromatic rings. The third-order valence-electron chi connectivity index (χ3n) is 3.67. The van der Waals surface area contributed by atoms with E-state index in [1.165, 1.54) is 0 Å². The average molecular weight is 295 g/mol. The van der Waals surface area contributed by atoms with Gasteiger partial charge in [-0.2, -0.15) is 0 Å². The van der Waals surface area contributed by atoms with Gasteiger partial charge in [0, 0.05) is 32.7 Å². The van der Waals surface area contributed by atoms with Crippen molar-refractivity contribution in [2.24, 2.45) is 0 Å². The predicted octanol–water partition coefficient (Wildman–Crippen LogP) is 0.598. The Balaban J connectivity index is 2.00. The number of aromatic amines is 1. The lowest BCUT2D eigenvalue weighted by Gasteiger charge is -2.24. The van der Waals surface area contributed by atoms with Gasteiger partial charge in [0.25, 0.3) is 5.91 Å². The molecule has 1 amide bonds. The van der Waals surface area contributed by atoms with E-state index in [-0.39, 0.29) is 11.7 Å². The van der Waals surface area contributed by atoms with Crippen molar-refractivity contribution < 1.29 is 9.53 Å². The Labute approximate surface area is 125 Å². The van der Waals surface area contributed by atoms with Crippen LogP contribution in [-0.2, 0) is 11.2 Å². The van der Waals surface area contributed by atoms with Gasteiger partial charge < -0.3 is 15.0 Å². The summed E-state index contributed by atoms with van der Waals surface area (Å²) in [6.07, 6.45) is 4.05. The summed E-state index contributed by atoms with van der Waals surface area (Å²) >= 11 is 0. The van der Waals surface area contributed by atoms with Crippen LogP contribution in [0.25, 0.3) is 0 Å². The van der Waals surface area contributed by atoms with Gasteiger partial charge in [-0.1, -0.05) is 6.92 Å². The summed E-state index contributed by atoms with van der Waals surface area (Å²) < 4.78 is 5.10. The van der Waals surface area contributed by atoms with Crippen LogP contribution in [0, 0.1) is 0 Å². The lowest BCUT2D eigenvalue weighted by Crippen LogP contribution is -2.43. The quantitative estimate of drug-likeness (QED) is 0.734. The molecule has 0 aliphatic carbocycles. The normalized spacial score (nSPS) is 18.1. The van der Waals surface area contributed by atoms with Crippen LogP contribution >= 0.6 is 0 Å². The van der Waals surface area contributed by atoms with Gasteiger partial charge in [0.15, 0.2) is 0 Å². The molecule has 2 heterocycles. The largest absolute Gasteiger partial charge is 0.383 e. The number of methoxy groups -OCH3 is 1. The summed E-state index contributed by atoms with van der Waals surface area (Å²) in [7, 11) is 1.64. The van der Waals surface area contributed by atoms with Crippen LogP contribution in [0.5, 0.6) is 0 Å². The van der Waals surface area contributed by atoms with Crippen molar-refractivity contribution in [3.63, 3.8) is 0 Å². The van der Waals surface area contributed by atoms with Crippen molar-refractivity contribution in [3.8, 4) is 0 Å². The SMILES string of the molecule is CCCc1nc(C(=O)N(CCOC)CC2CCCN2)n[nH]1. The zero-order valence-electron chi connectivity index (χ0n) is 12.9. The number of hydrogen-bond donors (Lipinski definition) is 2. The molecule has 118 valence electrons. The summed E-state index contributed by atoms with van der Waals surface area (Å²) in [6, 6.07) is 0.361. The lowest BCUT2D eigenvalue weighted by atomic mass is 10.2. The van der Waals surface area contributed by atoms with Gasteiger partial charge in [-0.15, -0.1) is 5.10 Å². The summed E-state index contributed by atoms with van der Waals surface area (Å²) in [4.78, 5) is 18.6. The number of aryl methyl sites for hydroxylation is 1. The third-order valence-corrected chi connectivity index (χ3v) is 3.67. The molecule has 0 radical (unpaired) electrons. The molecule has 1 fully saturated rings. The fourth-order valence-electron chi connectivity index (χ4n) is 2.54. The second-order valence-corrected chi connectivity index (χ2v) is 5.39. The first-order valence-corrected chi connectivity index (χ1v) is 7.67. The van der Waals surface area contributed by atoms with Gasteiger partial charge in [0.1, 0.15) is 5.82 Å². The Kier molecular flexibility index (Phi) is 6.13. The molecule has 0 saturated carbocycles. The van der Waals surface area contributed by atoms with E-state index in [0.717, 1.165) is 38.1 Å². The Bertz CT molecular complexity index is 442. The highest BCUT2D eigenvalue weighted by atomic mass is 16.5. The number of H-pyrrole nitrogens is 1. The van der Waals surface area contributed by atoms with Crippen LogP contribution in [0.1, 0.15) is 42.6 Å². The molecule has 2 N–H and O–H groups in total. The number of hydrogen-bond acceptors (Lipinski definition) is 5. The number of rotatable bonds is 8. The van der Waals surface area contributed by atoms with Crippen molar-refractivity contribution in [1.82, 2.24) is 25.4 Å². The minimum atomic E-state index is -0.126. The number of carbonyl (C=O) groups is 1. The first-order valence-electron chi connectivity index (χ1n) is 7.67. The maximum Gasteiger partial charge on any atom is 0.293 e. The molecular formula is C14H25N5O2. The predicted molar refractivity (Wildman–Crippen MR) is 79.2 cm³/mol. The van der Waals surface area contributed by atoms with Gasteiger partial charge in [-0.25, -0.2) is 4.98 Å². The van der Waals surface area contributed by atoms with E-state index in [0.29, 0.717) is 25.7 Å². The monoisotopic (exact) mass is 295 g/mol. The number of amides is 1. The van der Waals surface area contributed by atoms with Gasteiger partial charge in [0.05, 0.1) is 6.61 Å². The number of nitrogens with one attached hydrogen (secondary N) is 2. The molecule has 1 aliphatic rings. The Hall–Kier alpha value is -1.47. The highest BCUT2D eigenvalue weighted by Gasteiger charge is 2.24. The number of carbonyl (C=O) groups excluding carboxylic acids is 1. The van der Waals surface area contributed by atoms with Crippen LogP contribution in [0.2, 0.25) is 0 Å². The van der Waals surface area contributed by atoms with Gasteiger partial charge >= 0.3 is 0 Å². The highest BCUT2D eigenvalue weighted by Crippen LogP contribution is 2.09. The zero-order valence-corrected chi connectivity index (χ0v) is 12.9. The second-order valence-electron chi connectivity index (χ2n) is 5.39. The van der Waals surface area contributed by atoms with Crippen molar-refractivity contribution in [2.45, 2.75) is 38.6 Å². The lowest BCUT2D eigenvalue weighted by molar-refractivity contribution is 0.0667. The molecule has 1 atom stereocenters. The van der Waals surface area contributed by atoms with Crippen molar-refractivity contribution >= 4 is 5.91 Å². The maximum atomic E-state index is 12.6. The van der Waals surface area contributed by atoms with E-state index in [9.17, 15) is 4.79 Å². The number of ether oxygens (including phenoxy) is 1. The smallest absolute Gasteiger partial charge is 0.293 e. The Morgan fingerprint density at radius 1 is 1.52 bits per heavy atom. The summed E-state index contributed by atoms with van der Waals surface area (Å²) in [5.74, 6) is 0.901. The molecule has 21 heavy (non-hydrogen) atoms. The van der Waals surface area contributed by atoms with E-state index in [4.69, 9.17) is 4.74 Å². The summed E-state index contributed by atoms with van der Waals surface area (Å²) in [5.41, 5.74) is 0. The molecule has 0 aromatic carbocycles. The average Bonchev–Trinajstić information content (AvgIpc) is 3.14. The number of aromatic nitrogens is 3. The van der Waals surface area contributed by atoms with Crippen LogP contribution in [0.15, 0.2) is 0 Å². The van der Waals surface area contributed by atoms with E-state index in [2.05, 4.69) is 27.4 Å². The fourth-order valence-corrected chi connectivity index (χ4v) is 2.54. The van der Waals surface area contributed by atoms with E-state index < -0.39 is 0 Å². The fraction of sp³-hybridized carbons (Fsp3) is 0.786.